The Bertz CT molecular complexity index is 2300. The van der Waals surface area contributed by atoms with E-state index in [0.29, 0.717) is 16.8 Å². The second kappa shape index (κ2) is 13.6. The van der Waals surface area contributed by atoms with Gasteiger partial charge in [-0.3, -0.25) is 19.1 Å². The molecule has 6 rings (SSSR count). The van der Waals surface area contributed by atoms with Crippen LogP contribution in [0.3, 0.4) is 0 Å². The van der Waals surface area contributed by atoms with E-state index in [4.69, 9.17) is 9.47 Å². The van der Waals surface area contributed by atoms with Gasteiger partial charge < -0.3 is 19.3 Å². The first-order valence-corrected chi connectivity index (χ1v) is 17.3. The van der Waals surface area contributed by atoms with Crippen LogP contribution < -0.4 is 20.1 Å². The zero-order valence-electron chi connectivity index (χ0n) is 27.7. The highest BCUT2D eigenvalue weighted by Crippen LogP contribution is 2.40. The SMILES string of the molecule is Cc1cccc2c1N(C(=O)OCc1ccccc1)CCN2c1cc2cnc(S(C)(=O)=O)nc2n(-c2ccc(OCC(=O)N(C)C)c(F)c2)c1=O. The summed E-state index contributed by atoms with van der Waals surface area (Å²) in [5, 5.41) is -0.222. The summed E-state index contributed by atoms with van der Waals surface area (Å²) in [4.78, 5) is 52.7. The van der Waals surface area contributed by atoms with Gasteiger partial charge in [0.2, 0.25) is 15.0 Å². The normalized spacial score (nSPS) is 12.8. The summed E-state index contributed by atoms with van der Waals surface area (Å²) >= 11 is 0. The highest BCUT2D eigenvalue weighted by molar-refractivity contribution is 7.90. The topological polar surface area (TPSA) is 144 Å². The Morgan fingerprint density at radius 3 is 2.44 bits per heavy atom. The number of sulfone groups is 1. The third kappa shape index (κ3) is 6.72. The molecule has 0 aliphatic carbocycles. The van der Waals surface area contributed by atoms with E-state index >= 15 is 4.39 Å². The van der Waals surface area contributed by atoms with Crippen molar-refractivity contribution in [3.8, 4) is 11.4 Å². The van der Waals surface area contributed by atoms with E-state index in [2.05, 4.69) is 9.97 Å². The number of para-hydroxylation sites is 1. The zero-order chi connectivity index (χ0) is 35.7. The minimum absolute atomic E-state index is 0.0244. The predicted molar refractivity (Wildman–Crippen MR) is 185 cm³/mol. The Morgan fingerprint density at radius 2 is 1.74 bits per heavy atom. The van der Waals surface area contributed by atoms with Gasteiger partial charge in [0.15, 0.2) is 23.8 Å². The summed E-state index contributed by atoms with van der Waals surface area (Å²) in [6.45, 7) is 1.87. The quantitative estimate of drug-likeness (QED) is 0.214. The number of ether oxygens (including phenoxy) is 2. The molecule has 5 aromatic rings. The van der Waals surface area contributed by atoms with Crippen molar-refractivity contribution in [1.82, 2.24) is 19.4 Å². The summed E-state index contributed by atoms with van der Waals surface area (Å²) in [5.74, 6) is -1.46. The average Bonchev–Trinajstić information content (AvgIpc) is 3.09. The Balaban J connectivity index is 1.45. The molecule has 0 saturated heterocycles. The molecule has 3 heterocycles. The maximum absolute atomic E-state index is 15.4. The van der Waals surface area contributed by atoms with E-state index in [1.54, 1.807) is 31.1 Å². The number of anilines is 3. The largest absolute Gasteiger partial charge is 0.481 e. The van der Waals surface area contributed by atoms with Crippen LogP contribution in [0.4, 0.5) is 26.2 Å². The summed E-state index contributed by atoms with van der Waals surface area (Å²) in [7, 11) is -0.801. The van der Waals surface area contributed by atoms with Crippen LogP contribution in [0.2, 0.25) is 0 Å². The molecular formula is C35H33FN6O7S. The van der Waals surface area contributed by atoms with Gasteiger partial charge >= 0.3 is 6.09 Å². The van der Waals surface area contributed by atoms with Crippen LogP contribution in [-0.4, -0.2) is 79.9 Å². The monoisotopic (exact) mass is 700 g/mol. The number of rotatable bonds is 8. The molecule has 50 heavy (non-hydrogen) atoms. The lowest BCUT2D eigenvalue weighted by atomic mass is 10.1. The van der Waals surface area contributed by atoms with Crippen LogP contribution in [0.15, 0.2) is 88.9 Å². The molecule has 258 valence electrons. The van der Waals surface area contributed by atoms with Crippen molar-refractivity contribution in [3.63, 3.8) is 0 Å². The van der Waals surface area contributed by atoms with Crippen LogP contribution in [0.25, 0.3) is 16.7 Å². The van der Waals surface area contributed by atoms with Gasteiger partial charge in [0.25, 0.3) is 11.5 Å². The fourth-order valence-corrected chi connectivity index (χ4v) is 6.06. The van der Waals surface area contributed by atoms with Crippen molar-refractivity contribution < 1.29 is 31.9 Å². The second-order valence-corrected chi connectivity index (χ2v) is 13.8. The number of hydrogen-bond donors (Lipinski definition) is 0. The van der Waals surface area contributed by atoms with E-state index in [0.717, 1.165) is 28.0 Å². The lowest BCUT2D eigenvalue weighted by Gasteiger charge is -2.38. The van der Waals surface area contributed by atoms with E-state index in [1.165, 1.54) is 34.2 Å². The zero-order valence-corrected chi connectivity index (χ0v) is 28.5. The molecule has 0 atom stereocenters. The molecule has 0 N–H and O–H groups in total. The molecule has 0 fully saturated rings. The minimum Gasteiger partial charge on any atom is -0.481 e. The van der Waals surface area contributed by atoms with Gasteiger partial charge in [-0.25, -0.2) is 22.6 Å². The molecule has 2 amide bonds. The van der Waals surface area contributed by atoms with Crippen LogP contribution in [0.1, 0.15) is 11.1 Å². The minimum atomic E-state index is -3.88. The summed E-state index contributed by atoms with van der Waals surface area (Å²) in [5.41, 5.74) is 2.15. The van der Waals surface area contributed by atoms with Crippen LogP contribution >= 0.6 is 0 Å². The molecule has 0 bridgehead atoms. The molecule has 1 aliphatic heterocycles. The van der Waals surface area contributed by atoms with Gasteiger partial charge in [0.1, 0.15) is 12.3 Å². The first-order chi connectivity index (χ1) is 23.8. The lowest BCUT2D eigenvalue weighted by Crippen LogP contribution is -2.44. The fraction of sp³-hybridized carbons (Fsp3) is 0.229. The second-order valence-electron chi connectivity index (χ2n) is 11.9. The van der Waals surface area contributed by atoms with Gasteiger partial charge in [0.05, 0.1) is 17.1 Å². The smallest absolute Gasteiger partial charge is 0.414 e. The molecule has 0 radical (unpaired) electrons. The number of nitrogens with zero attached hydrogens (tertiary/aromatic N) is 6. The van der Waals surface area contributed by atoms with Crippen molar-refractivity contribution in [2.24, 2.45) is 0 Å². The first-order valence-electron chi connectivity index (χ1n) is 15.4. The highest BCUT2D eigenvalue weighted by atomic mass is 32.2. The number of likely N-dealkylation sites (N-methyl/N-ethyl adjacent to an activating group) is 1. The molecule has 1 aliphatic rings. The van der Waals surface area contributed by atoms with Gasteiger partial charge in [-0.2, -0.15) is 4.98 Å². The fourth-order valence-electron chi connectivity index (χ4n) is 5.57. The number of hydrogen-bond acceptors (Lipinski definition) is 10. The molecule has 3 aromatic carbocycles. The molecule has 0 saturated carbocycles. The summed E-state index contributed by atoms with van der Waals surface area (Å²) in [6.07, 6.45) is 1.68. The maximum Gasteiger partial charge on any atom is 0.414 e. The average molecular weight is 701 g/mol. The Labute approximate surface area is 287 Å². The summed E-state index contributed by atoms with van der Waals surface area (Å²) < 4.78 is 52.4. The lowest BCUT2D eigenvalue weighted by molar-refractivity contribution is -0.130. The molecule has 0 spiro atoms. The van der Waals surface area contributed by atoms with Crippen LogP contribution in [0, 0.1) is 12.7 Å². The molecule has 13 nitrogen and oxygen atoms in total. The van der Waals surface area contributed by atoms with Gasteiger partial charge in [-0.05, 0) is 42.3 Å². The highest BCUT2D eigenvalue weighted by Gasteiger charge is 2.32. The maximum atomic E-state index is 15.4. The number of halogens is 1. The van der Waals surface area contributed by atoms with Gasteiger partial charge in [-0.1, -0.05) is 42.5 Å². The number of fused-ring (bicyclic) bond motifs is 2. The van der Waals surface area contributed by atoms with E-state index in [9.17, 15) is 22.8 Å². The number of benzene rings is 3. The standard InChI is InChI=1S/C35H33FN6O7S/c1-22-9-8-12-27-31(22)41(35(45)49-20-23-10-6-5-7-11-23)16-15-40(27)28-17-24-19-37-34(50(4,46)47)38-32(24)42(33(28)44)25-13-14-29(26(36)18-25)48-21-30(43)39(2)3/h5-14,17-19H,15-16,20-21H2,1-4H3. The van der Waals surface area contributed by atoms with Crippen LogP contribution in [0.5, 0.6) is 5.75 Å². The number of amides is 2. The Morgan fingerprint density at radius 1 is 0.980 bits per heavy atom. The first kappa shape index (κ1) is 34.0. The van der Waals surface area contributed by atoms with Crippen molar-refractivity contribution >= 4 is 49.9 Å². The number of aromatic nitrogens is 3. The summed E-state index contributed by atoms with van der Waals surface area (Å²) in [6, 6.07) is 20.0. The number of pyridine rings is 1. The number of carbonyl (C=O) groups is 2. The van der Waals surface area contributed by atoms with E-state index in [1.807, 2.05) is 43.3 Å². The van der Waals surface area contributed by atoms with Crippen molar-refractivity contribution in [3.05, 3.63) is 106 Å². The number of aryl methyl sites for hydroxylation is 1. The van der Waals surface area contributed by atoms with Crippen LogP contribution in [-0.2, 0) is 26.0 Å². The van der Waals surface area contributed by atoms with Crippen molar-refractivity contribution in [1.29, 1.82) is 0 Å². The van der Waals surface area contributed by atoms with Gasteiger partial charge in [-0.15, -0.1) is 0 Å². The Kier molecular flexibility index (Phi) is 9.25. The van der Waals surface area contributed by atoms with Gasteiger partial charge in [0, 0.05) is 51.1 Å². The molecule has 0 unspecified atom stereocenters. The third-order valence-electron chi connectivity index (χ3n) is 8.10. The predicted octanol–water partition coefficient (Wildman–Crippen LogP) is 4.39. The molecule has 2 aromatic heterocycles. The third-order valence-corrected chi connectivity index (χ3v) is 8.96. The molecule has 15 heteroatoms. The van der Waals surface area contributed by atoms with E-state index in [-0.39, 0.29) is 48.4 Å². The molecular weight excluding hydrogens is 667 g/mol. The van der Waals surface area contributed by atoms with Crippen molar-refractivity contribution in [2.45, 2.75) is 18.7 Å². The van der Waals surface area contributed by atoms with Crippen molar-refractivity contribution in [2.75, 3.05) is 49.8 Å². The van der Waals surface area contributed by atoms with E-state index < -0.39 is 39.1 Å². The Hall–Kier alpha value is -5.83. The number of carbonyl (C=O) groups excluding carboxylic acids is 2.